The van der Waals surface area contributed by atoms with Crippen LogP contribution in [0.5, 0.6) is 0 Å². The molecule has 0 fully saturated rings. The molecule has 2 aromatic carbocycles. The molecule has 2 rings (SSSR count). The van der Waals surface area contributed by atoms with E-state index in [9.17, 15) is 20.2 Å². The Labute approximate surface area is 124 Å². The molecule has 2 aromatic rings. The first-order chi connectivity index (χ1) is 9.91. The lowest BCUT2D eigenvalue weighted by Crippen LogP contribution is -1.90. The fourth-order valence-corrected chi connectivity index (χ4v) is 1.41. The van der Waals surface area contributed by atoms with E-state index in [1.807, 2.05) is 18.2 Å². The summed E-state index contributed by atoms with van der Waals surface area (Å²) < 4.78 is 0. The van der Waals surface area contributed by atoms with Crippen molar-refractivity contribution in [2.75, 3.05) is 0 Å². The van der Waals surface area contributed by atoms with Gasteiger partial charge in [-0.05, 0) is 0 Å². The molecule has 0 radical (unpaired) electrons. The molecule has 0 saturated carbocycles. The van der Waals surface area contributed by atoms with Crippen molar-refractivity contribution in [3.05, 3.63) is 80.4 Å². The summed E-state index contributed by atoms with van der Waals surface area (Å²) in [5.74, 6) is 0. The van der Waals surface area contributed by atoms with Crippen molar-refractivity contribution < 1.29 is 9.85 Å². The molecule has 0 aromatic heterocycles. The van der Waals surface area contributed by atoms with Crippen molar-refractivity contribution >= 4 is 28.1 Å². The van der Waals surface area contributed by atoms with Crippen molar-refractivity contribution in [1.29, 1.82) is 5.41 Å². The number of nitro groups is 2. The van der Waals surface area contributed by atoms with Gasteiger partial charge in [0.2, 0.25) is 0 Å². The molecule has 8 heteroatoms. The second kappa shape index (κ2) is 7.71. The Morgan fingerprint density at radius 2 is 1.24 bits per heavy atom. The van der Waals surface area contributed by atoms with Gasteiger partial charge in [-0.2, -0.15) is 0 Å². The van der Waals surface area contributed by atoms with E-state index in [0.29, 0.717) is 0 Å². The number of nitrogens with one attached hydrogen (secondary N) is 1. The molecule has 0 heterocycles. The number of non-ortho nitro benzene ring substituents is 2. The number of nitrogens with zero attached hydrogens (tertiary/aromatic N) is 2. The first-order valence-electron chi connectivity index (χ1n) is 5.60. The smallest absolute Gasteiger partial charge is 0.269 e. The van der Waals surface area contributed by atoms with Gasteiger partial charge < -0.3 is 0 Å². The van der Waals surface area contributed by atoms with Crippen LogP contribution in [0.15, 0.2) is 54.6 Å². The second-order valence-electron chi connectivity index (χ2n) is 3.71. The minimum Gasteiger partial charge on any atom is -0.289 e. The van der Waals surface area contributed by atoms with E-state index in [-0.39, 0.29) is 16.5 Å². The topological polar surface area (TPSA) is 110 Å². The van der Waals surface area contributed by atoms with Crippen LogP contribution in [0, 0.1) is 25.6 Å². The molecule has 0 saturated heterocycles. The quantitative estimate of drug-likeness (QED) is 0.528. The Kier molecular flexibility index (Phi) is 5.97. The Morgan fingerprint density at radius 3 is 1.48 bits per heavy atom. The highest BCUT2D eigenvalue weighted by atomic mass is 35.5. The van der Waals surface area contributed by atoms with Gasteiger partial charge in [-0.1, -0.05) is 41.9 Å². The molecule has 1 N–H and O–H groups in total. The molecule has 0 unspecified atom stereocenters. The number of halogens is 1. The van der Waals surface area contributed by atoms with Crippen LogP contribution in [0.3, 0.4) is 0 Å². The van der Waals surface area contributed by atoms with Crippen molar-refractivity contribution in [1.82, 2.24) is 0 Å². The van der Waals surface area contributed by atoms with Crippen LogP contribution in [0.1, 0.15) is 5.56 Å². The monoisotopic (exact) mass is 307 g/mol. The highest BCUT2D eigenvalue weighted by Crippen LogP contribution is 2.16. The van der Waals surface area contributed by atoms with Crippen LogP contribution in [-0.2, 0) is 0 Å². The number of rotatable bonds is 3. The van der Waals surface area contributed by atoms with Crippen LogP contribution >= 0.6 is 11.6 Å². The van der Waals surface area contributed by atoms with Gasteiger partial charge in [0, 0.05) is 29.8 Å². The Hall–Kier alpha value is -2.80. The molecule has 0 spiro atoms. The number of hydrogen-bond acceptors (Lipinski definition) is 5. The summed E-state index contributed by atoms with van der Waals surface area (Å²) >= 11 is 5.39. The number of nitro benzene ring substituents is 2. The molecule has 0 aliphatic carbocycles. The lowest BCUT2D eigenvalue weighted by atomic mass is 10.2. The normalized spacial score (nSPS) is 9.19. The summed E-state index contributed by atoms with van der Waals surface area (Å²) in [4.78, 5) is 19.0. The van der Waals surface area contributed by atoms with E-state index in [0.717, 1.165) is 29.8 Å². The Morgan fingerprint density at radius 1 is 0.857 bits per heavy atom. The Bertz CT molecular complexity index is 611. The van der Waals surface area contributed by atoms with Gasteiger partial charge in [0.15, 0.2) is 0 Å². The van der Waals surface area contributed by atoms with E-state index in [1.165, 1.54) is 0 Å². The molecule has 7 nitrogen and oxygen atoms in total. The molecule has 0 bridgehead atoms. The number of benzene rings is 2. The van der Waals surface area contributed by atoms with Crippen LogP contribution in [0.4, 0.5) is 11.4 Å². The summed E-state index contributed by atoms with van der Waals surface area (Å²) in [6.45, 7) is 0. The van der Waals surface area contributed by atoms with Crippen molar-refractivity contribution in [2.24, 2.45) is 0 Å². The van der Waals surface area contributed by atoms with Crippen molar-refractivity contribution in [2.45, 2.75) is 0 Å². The van der Waals surface area contributed by atoms with Gasteiger partial charge in [0.25, 0.3) is 11.4 Å². The molecular weight excluding hydrogens is 298 g/mol. The molecule has 21 heavy (non-hydrogen) atoms. The average Bonchev–Trinajstić information content (AvgIpc) is 2.49. The summed E-state index contributed by atoms with van der Waals surface area (Å²) in [5.41, 5.74) is 0.459. The largest absolute Gasteiger partial charge is 0.289 e. The zero-order valence-electron chi connectivity index (χ0n) is 10.6. The fraction of sp³-hybridized carbons (Fsp3) is 0. The maximum absolute atomic E-state index is 10.1. The van der Waals surface area contributed by atoms with E-state index < -0.39 is 9.85 Å². The van der Waals surface area contributed by atoms with Gasteiger partial charge in [-0.15, -0.1) is 0 Å². The van der Waals surface area contributed by atoms with Crippen LogP contribution in [0.25, 0.3) is 0 Å². The third-order valence-electron chi connectivity index (χ3n) is 2.30. The minimum absolute atomic E-state index is 0.0931. The lowest BCUT2D eigenvalue weighted by Gasteiger charge is -1.90. The third kappa shape index (κ3) is 5.37. The molecule has 0 atom stereocenters. The van der Waals surface area contributed by atoms with Gasteiger partial charge >= 0.3 is 0 Å². The fourth-order valence-electron chi connectivity index (χ4n) is 1.28. The summed E-state index contributed by atoms with van der Waals surface area (Å²) in [6, 6.07) is 13.6. The highest BCUT2D eigenvalue weighted by Gasteiger charge is 2.08. The SMILES string of the molecule is N=C(Cl)c1ccccc1.O=[N+]([O-])c1ccc([N+](=O)[O-])cc1. The van der Waals surface area contributed by atoms with Crippen LogP contribution < -0.4 is 0 Å². The summed E-state index contributed by atoms with van der Waals surface area (Å²) in [7, 11) is 0. The molecule has 108 valence electrons. The van der Waals surface area contributed by atoms with E-state index >= 15 is 0 Å². The highest BCUT2D eigenvalue weighted by molar-refractivity contribution is 6.68. The second-order valence-corrected chi connectivity index (χ2v) is 4.09. The first kappa shape index (κ1) is 16.3. The van der Waals surface area contributed by atoms with Crippen LogP contribution in [0.2, 0.25) is 0 Å². The maximum Gasteiger partial charge on any atom is 0.269 e. The predicted molar refractivity (Wildman–Crippen MR) is 78.9 cm³/mol. The zero-order valence-corrected chi connectivity index (χ0v) is 11.4. The lowest BCUT2D eigenvalue weighted by molar-refractivity contribution is -0.389. The van der Waals surface area contributed by atoms with Gasteiger partial charge in [0.05, 0.1) is 9.85 Å². The predicted octanol–water partition coefficient (Wildman–Crippen LogP) is 3.75. The standard InChI is InChI=1S/C7H6ClN.C6H4N2O4/c8-7(9)6-4-2-1-3-5-6;9-7(10)5-1-2-6(4-3-5)8(11)12/h1-5,9H;1-4H. The van der Waals surface area contributed by atoms with E-state index in [1.54, 1.807) is 12.1 Å². The minimum atomic E-state index is -0.607. The van der Waals surface area contributed by atoms with Crippen molar-refractivity contribution in [3.63, 3.8) is 0 Å². The van der Waals surface area contributed by atoms with Gasteiger partial charge in [-0.3, -0.25) is 25.6 Å². The third-order valence-corrected chi connectivity index (χ3v) is 2.52. The van der Waals surface area contributed by atoms with E-state index in [4.69, 9.17) is 17.0 Å². The van der Waals surface area contributed by atoms with E-state index in [2.05, 4.69) is 0 Å². The summed E-state index contributed by atoms with van der Waals surface area (Å²) in [6.07, 6.45) is 0. The van der Waals surface area contributed by atoms with Gasteiger partial charge in [-0.25, -0.2) is 0 Å². The molecule has 0 amide bonds. The van der Waals surface area contributed by atoms with Crippen molar-refractivity contribution in [3.8, 4) is 0 Å². The average molecular weight is 308 g/mol. The Balaban J connectivity index is 0.000000219. The van der Waals surface area contributed by atoms with Crippen LogP contribution in [-0.4, -0.2) is 15.0 Å². The molecule has 0 aliphatic heterocycles. The zero-order chi connectivity index (χ0) is 15.8. The molecular formula is C13H10ClN3O4. The molecule has 0 aliphatic rings. The summed E-state index contributed by atoms with van der Waals surface area (Å²) in [5, 5.41) is 27.3. The number of hydrogen-bond donors (Lipinski definition) is 1. The maximum atomic E-state index is 10.1. The van der Waals surface area contributed by atoms with Gasteiger partial charge in [0.1, 0.15) is 5.17 Å². The first-order valence-corrected chi connectivity index (χ1v) is 5.98.